The number of hydrogen-bond donors (Lipinski definition) is 0. The molecule has 0 N–H and O–H groups in total. The highest BCUT2D eigenvalue weighted by Gasteiger charge is 2.56. The summed E-state index contributed by atoms with van der Waals surface area (Å²) in [6.45, 7) is -2.60. The fraction of sp³-hybridized carbons (Fsp3) is 0.455. The van der Waals surface area contributed by atoms with Crippen LogP contribution in [0.15, 0.2) is 12.3 Å². The quantitative estimate of drug-likeness (QED) is 0.638. The molecule has 0 amide bonds. The van der Waals surface area contributed by atoms with E-state index in [0.717, 1.165) is 10.8 Å². The summed E-state index contributed by atoms with van der Waals surface area (Å²) in [5.41, 5.74) is -0.157. The van der Waals surface area contributed by atoms with Crippen molar-refractivity contribution < 1.29 is 26.1 Å². The van der Waals surface area contributed by atoms with Crippen molar-refractivity contribution in [2.75, 3.05) is 0 Å². The van der Waals surface area contributed by atoms with Gasteiger partial charge in [0.25, 0.3) is 0 Å². The van der Waals surface area contributed by atoms with E-state index in [2.05, 4.69) is 9.97 Å². The van der Waals surface area contributed by atoms with Crippen LogP contribution in [0.5, 0.6) is 0 Å². The lowest BCUT2D eigenvalue weighted by Crippen LogP contribution is -2.36. The fourth-order valence-corrected chi connectivity index (χ4v) is 1.79. The van der Waals surface area contributed by atoms with Gasteiger partial charge in [-0.2, -0.15) is 22.0 Å². The maximum atomic E-state index is 12.9. The monoisotopic (exact) mass is 316 g/mol. The van der Waals surface area contributed by atoms with Gasteiger partial charge in [0, 0.05) is 30.1 Å². The van der Waals surface area contributed by atoms with Crippen LogP contribution < -0.4 is 0 Å². The summed E-state index contributed by atoms with van der Waals surface area (Å²) >= 11 is 5.81. The number of halogens is 6. The van der Waals surface area contributed by atoms with E-state index in [1.165, 1.54) is 6.07 Å². The van der Waals surface area contributed by atoms with Crippen LogP contribution in [0.4, 0.5) is 22.0 Å². The van der Waals surface area contributed by atoms with Crippen LogP contribution in [0.1, 0.15) is 16.4 Å². The van der Waals surface area contributed by atoms with Crippen molar-refractivity contribution in [2.24, 2.45) is 6.98 Å². The van der Waals surface area contributed by atoms with E-state index in [0.29, 0.717) is 0 Å². The van der Waals surface area contributed by atoms with Gasteiger partial charge >= 0.3 is 12.1 Å². The van der Waals surface area contributed by atoms with E-state index in [-0.39, 0.29) is 16.2 Å². The number of aromatic nitrogens is 3. The zero-order valence-electron chi connectivity index (χ0n) is 12.7. The van der Waals surface area contributed by atoms with E-state index < -0.39 is 37.7 Å². The molecule has 0 unspecified atom stereocenters. The summed E-state index contributed by atoms with van der Waals surface area (Å²) in [4.78, 5) is 7.39. The predicted molar refractivity (Wildman–Crippen MR) is 62.8 cm³/mol. The smallest absolute Gasteiger partial charge is 0.335 e. The molecule has 2 aromatic rings. The van der Waals surface area contributed by atoms with Gasteiger partial charge in [0.1, 0.15) is 16.6 Å². The van der Waals surface area contributed by atoms with Crippen LogP contribution in [-0.2, 0) is 13.4 Å². The SMILES string of the molecule is [2H]C([2H])([2H])n1ccc2c(Cl)nc(CCC(F)(F)C(F)(F)F)nc21. The summed E-state index contributed by atoms with van der Waals surface area (Å²) in [5, 5.41) is -0.0579. The van der Waals surface area contributed by atoms with Crippen molar-refractivity contribution in [3.8, 4) is 0 Å². The van der Waals surface area contributed by atoms with Gasteiger partial charge < -0.3 is 4.57 Å². The zero-order valence-corrected chi connectivity index (χ0v) is 10.4. The molecule has 0 fully saturated rings. The first-order chi connectivity index (χ1) is 10.3. The van der Waals surface area contributed by atoms with Crippen molar-refractivity contribution in [3.63, 3.8) is 0 Å². The molecule has 0 aliphatic heterocycles. The van der Waals surface area contributed by atoms with E-state index in [1.54, 1.807) is 0 Å². The van der Waals surface area contributed by atoms with Gasteiger partial charge in [-0.1, -0.05) is 11.6 Å². The molecule has 0 saturated carbocycles. The first kappa shape index (κ1) is 11.2. The van der Waals surface area contributed by atoms with Crippen LogP contribution in [0.25, 0.3) is 11.0 Å². The van der Waals surface area contributed by atoms with Crippen LogP contribution >= 0.6 is 11.6 Å². The summed E-state index contributed by atoms with van der Waals surface area (Å²) in [7, 11) is 0. The van der Waals surface area contributed by atoms with Gasteiger partial charge in [0.2, 0.25) is 0 Å². The minimum atomic E-state index is -5.68. The summed E-state index contributed by atoms with van der Waals surface area (Å²) in [6.07, 6.45) is -6.90. The van der Waals surface area contributed by atoms with Crippen molar-refractivity contribution >= 4 is 22.6 Å². The lowest BCUT2D eigenvalue weighted by Gasteiger charge is -2.18. The second kappa shape index (κ2) is 4.83. The molecule has 2 rings (SSSR count). The Hall–Kier alpha value is -1.44. The standard InChI is InChI=1S/C11H9ClF5N3/c1-20-5-3-6-8(12)18-7(19-9(6)20)2-4-10(13,14)11(15,16)17/h3,5H,2,4H2,1H3/i1D3. The number of nitrogens with zero attached hydrogens (tertiary/aromatic N) is 3. The molecule has 0 saturated heterocycles. The lowest BCUT2D eigenvalue weighted by atomic mass is 10.1. The molecule has 9 heteroatoms. The van der Waals surface area contributed by atoms with Crippen molar-refractivity contribution in [1.82, 2.24) is 14.5 Å². The Balaban J connectivity index is 2.36. The van der Waals surface area contributed by atoms with Gasteiger partial charge in [0.15, 0.2) is 0 Å². The molecule has 0 aliphatic rings. The maximum absolute atomic E-state index is 12.9. The minimum absolute atomic E-state index is 0.157. The molecule has 3 nitrogen and oxygen atoms in total. The minimum Gasteiger partial charge on any atom is -0.335 e. The van der Waals surface area contributed by atoms with Gasteiger partial charge in [0.05, 0.1) is 5.39 Å². The Labute approximate surface area is 119 Å². The topological polar surface area (TPSA) is 30.7 Å². The molecular formula is C11H9ClF5N3. The highest BCUT2D eigenvalue weighted by atomic mass is 35.5. The Kier molecular flexibility index (Phi) is 2.72. The van der Waals surface area contributed by atoms with Gasteiger partial charge in [-0.15, -0.1) is 0 Å². The van der Waals surface area contributed by atoms with E-state index in [1.807, 2.05) is 0 Å². The number of fused-ring (bicyclic) bond motifs is 1. The van der Waals surface area contributed by atoms with Crippen molar-refractivity contribution in [1.29, 1.82) is 0 Å². The summed E-state index contributed by atoms with van der Waals surface area (Å²) in [5.74, 6) is -5.29. The Morgan fingerprint density at radius 3 is 2.60 bits per heavy atom. The highest BCUT2D eigenvalue weighted by molar-refractivity contribution is 6.33. The van der Waals surface area contributed by atoms with Crippen LogP contribution in [0.2, 0.25) is 5.15 Å². The molecule has 110 valence electrons. The second-order valence-corrected chi connectivity index (χ2v) is 4.41. The molecule has 0 spiro atoms. The molecular weight excluding hydrogens is 305 g/mol. The number of hydrogen-bond acceptors (Lipinski definition) is 2. The third-order valence-electron chi connectivity index (χ3n) is 2.62. The first-order valence-corrected chi connectivity index (χ1v) is 5.69. The normalized spacial score (nSPS) is 16.0. The van der Waals surface area contributed by atoms with E-state index in [4.69, 9.17) is 15.7 Å². The Morgan fingerprint density at radius 1 is 1.30 bits per heavy atom. The first-order valence-electron chi connectivity index (χ1n) is 6.81. The average Bonchev–Trinajstić information content (AvgIpc) is 2.79. The van der Waals surface area contributed by atoms with E-state index >= 15 is 0 Å². The van der Waals surface area contributed by atoms with Crippen LogP contribution in [0.3, 0.4) is 0 Å². The molecule has 0 aromatic carbocycles. The third kappa shape index (κ3) is 2.70. The second-order valence-electron chi connectivity index (χ2n) is 4.06. The highest BCUT2D eigenvalue weighted by Crippen LogP contribution is 2.38. The molecule has 0 radical (unpaired) electrons. The number of rotatable bonds is 3. The van der Waals surface area contributed by atoms with Crippen LogP contribution in [0, 0.1) is 0 Å². The average molecular weight is 317 g/mol. The van der Waals surface area contributed by atoms with Crippen LogP contribution in [-0.4, -0.2) is 26.6 Å². The van der Waals surface area contributed by atoms with Gasteiger partial charge in [-0.25, -0.2) is 9.97 Å². The summed E-state index contributed by atoms with van der Waals surface area (Å²) < 4.78 is 85.0. The molecule has 0 bridgehead atoms. The number of aryl methyl sites for hydroxylation is 2. The lowest BCUT2D eigenvalue weighted by molar-refractivity contribution is -0.284. The van der Waals surface area contributed by atoms with Gasteiger partial charge in [-0.3, -0.25) is 0 Å². The largest absolute Gasteiger partial charge is 0.453 e. The third-order valence-corrected chi connectivity index (χ3v) is 2.91. The predicted octanol–water partition coefficient (Wildman–Crippen LogP) is 3.75. The van der Waals surface area contributed by atoms with Gasteiger partial charge in [-0.05, 0) is 6.07 Å². The zero-order chi connectivity index (χ0) is 17.6. The van der Waals surface area contributed by atoms with Crippen molar-refractivity contribution in [3.05, 3.63) is 23.2 Å². The molecule has 0 atom stereocenters. The fourth-order valence-electron chi connectivity index (χ4n) is 1.54. The van der Waals surface area contributed by atoms with Crippen molar-refractivity contribution in [2.45, 2.75) is 24.9 Å². The summed E-state index contributed by atoms with van der Waals surface area (Å²) in [6, 6.07) is 1.32. The maximum Gasteiger partial charge on any atom is 0.453 e. The molecule has 2 aromatic heterocycles. The van der Waals surface area contributed by atoms with E-state index in [9.17, 15) is 22.0 Å². The number of alkyl halides is 5. The molecule has 2 heterocycles. The Bertz CT molecular complexity index is 726. The Morgan fingerprint density at radius 2 is 2.00 bits per heavy atom. The molecule has 20 heavy (non-hydrogen) atoms. The molecule has 0 aliphatic carbocycles.